The van der Waals surface area contributed by atoms with Crippen LogP contribution in [-0.4, -0.2) is 103 Å². The first-order chi connectivity index (χ1) is 14.5. The van der Waals surface area contributed by atoms with E-state index in [4.69, 9.17) is 19.3 Å². The van der Waals surface area contributed by atoms with Crippen LogP contribution in [0.4, 0.5) is 0 Å². The van der Waals surface area contributed by atoms with Gasteiger partial charge in [0.1, 0.15) is 0 Å². The fraction of sp³-hybridized carbons (Fsp3) is 0.842. The fourth-order valence-electron chi connectivity index (χ4n) is 2.67. The Kier molecular flexibility index (Phi) is 14.4. The van der Waals surface area contributed by atoms with Crippen LogP contribution in [0.15, 0.2) is 0 Å². The van der Waals surface area contributed by atoms with Gasteiger partial charge in [-0.2, -0.15) is 23.5 Å². The van der Waals surface area contributed by atoms with Gasteiger partial charge >= 0.3 is 0 Å². The van der Waals surface area contributed by atoms with Crippen LogP contribution in [0.2, 0.25) is 0 Å². The lowest BCUT2D eigenvalue weighted by molar-refractivity contribution is -0.151. The highest BCUT2D eigenvalue weighted by Crippen LogP contribution is 2.22. The predicted molar refractivity (Wildman–Crippen MR) is 117 cm³/mol. The minimum atomic E-state index is -0.413. The third kappa shape index (κ3) is 9.97. The Balaban J connectivity index is 2.04. The molecular formula is C19H34N2O7S2. The van der Waals surface area contributed by atoms with Gasteiger partial charge in [-0.25, -0.2) is 0 Å². The summed E-state index contributed by atoms with van der Waals surface area (Å²) in [5.74, 6) is 0.826. The minimum Gasteiger partial charge on any atom is -0.394 e. The number of carbonyl (C=O) groups excluding carboxylic acids is 3. The number of hydrogen-bond acceptors (Lipinski definition) is 9. The molecule has 0 aliphatic carbocycles. The lowest BCUT2D eigenvalue weighted by Crippen LogP contribution is -2.35. The van der Waals surface area contributed by atoms with Crippen LogP contribution in [0.5, 0.6) is 0 Å². The zero-order valence-electron chi connectivity index (χ0n) is 18.0. The van der Waals surface area contributed by atoms with Gasteiger partial charge < -0.3 is 24.6 Å². The molecule has 0 saturated carbocycles. The predicted octanol–water partition coefficient (Wildman–Crippen LogP) is 0.493. The normalized spacial score (nSPS) is 18.7. The summed E-state index contributed by atoms with van der Waals surface area (Å²) in [4.78, 5) is 36.8. The molecule has 0 aromatic heterocycles. The Hall–Kier alpha value is -0.850. The second-order valence-electron chi connectivity index (χ2n) is 6.61. The average molecular weight is 467 g/mol. The Labute approximate surface area is 186 Å². The summed E-state index contributed by atoms with van der Waals surface area (Å²) in [5, 5.41) is 11.7. The van der Waals surface area contributed by atoms with E-state index < -0.39 is 6.29 Å². The van der Waals surface area contributed by atoms with Gasteiger partial charge in [0.2, 0.25) is 17.7 Å². The maximum Gasteiger partial charge on any atom is 0.242 e. The van der Waals surface area contributed by atoms with Crippen molar-refractivity contribution in [2.75, 3.05) is 57.8 Å². The van der Waals surface area contributed by atoms with Gasteiger partial charge in [-0.1, -0.05) is 6.92 Å². The van der Waals surface area contributed by atoms with E-state index in [0.29, 0.717) is 37.5 Å². The number of ether oxygens (including phenoxy) is 3. The maximum absolute atomic E-state index is 12.0. The van der Waals surface area contributed by atoms with Gasteiger partial charge in [-0.05, 0) is 12.7 Å². The molecule has 0 spiro atoms. The molecule has 1 rings (SSSR count). The van der Waals surface area contributed by atoms with Crippen LogP contribution in [0.1, 0.15) is 26.2 Å². The molecule has 1 fully saturated rings. The number of aliphatic hydroxyl groups excluding tert-OH is 1. The maximum atomic E-state index is 12.0. The van der Waals surface area contributed by atoms with Crippen molar-refractivity contribution in [1.29, 1.82) is 0 Å². The highest BCUT2D eigenvalue weighted by atomic mass is 32.2. The number of likely N-dealkylation sites (tertiary alicyclic amines) is 1. The first kappa shape index (κ1) is 27.2. The quantitative estimate of drug-likeness (QED) is 0.180. The third-order valence-corrected chi connectivity index (χ3v) is 6.45. The second-order valence-corrected chi connectivity index (χ2v) is 8.80. The van der Waals surface area contributed by atoms with Crippen molar-refractivity contribution in [2.45, 2.75) is 43.8 Å². The summed E-state index contributed by atoms with van der Waals surface area (Å²) < 4.78 is 16.3. The van der Waals surface area contributed by atoms with E-state index >= 15 is 0 Å². The first-order valence-corrected chi connectivity index (χ1v) is 12.5. The summed E-state index contributed by atoms with van der Waals surface area (Å²) in [6, 6.07) is 0. The molecular weight excluding hydrogens is 432 g/mol. The van der Waals surface area contributed by atoms with E-state index in [9.17, 15) is 14.4 Å². The lowest BCUT2D eigenvalue weighted by Gasteiger charge is -2.21. The van der Waals surface area contributed by atoms with Gasteiger partial charge in [-0.15, -0.1) is 0 Å². The van der Waals surface area contributed by atoms with Gasteiger partial charge in [0, 0.05) is 38.0 Å². The Bertz CT molecular complexity index is 535. The molecule has 0 radical (unpaired) electrons. The zero-order chi connectivity index (χ0) is 22.4. The topological polar surface area (TPSA) is 114 Å². The first-order valence-electron chi connectivity index (χ1n) is 10.0. The number of hydrogen-bond donors (Lipinski definition) is 2. The van der Waals surface area contributed by atoms with E-state index in [1.54, 1.807) is 18.9 Å². The SMILES string of the molecule is CCC(CO)OC(CSCCC(=O)NCCOCCN1C(=O)CC(SC)C1=O)OC. The number of methoxy groups -OCH3 is 1. The third-order valence-electron chi connectivity index (χ3n) is 4.51. The zero-order valence-corrected chi connectivity index (χ0v) is 19.6. The van der Waals surface area contributed by atoms with Crippen LogP contribution in [0.3, 0.4) is 0 Å². The molecule has 3 atom stereocenters. The largest absolute Gasteiger partial charge is 0.394 e. The number of nitrogens with one attached hydrogen (secondary N) is 1. The summed E-state index contributed by atoms with van der Waals surface area (Å²) in [7, 11) is 1.55. The average Bonchev–Trinajstić information content (AvgIpc) is 3.03. The van der Waals surface area contributed by atoms with Crippen LogP contribution < -0.4 is 5.32 Å². The van der Waals surface area contributed by atoms with Crippen molar-refractivity contribution in [1.82, 2.24) is 10.2 Å². The highest BCUT2D eigenvalue weighted by molar-refractivity contribution is 8.00. The summed E-state index contributed by atoms with van der Waals surface area (Å²) in [5.41, 5.74) is 0. The van der Waals surface area contributed by atoms with Crippen molar-refractivity contribution in [3.8, 4) is 0 Å². The van der Waals surface area contributed by atoms with Gasteiger partial charge in [0.05, 0.1) is 37.7 Å². The Morgan fingerprint density at radius 1 is 1.37 bits per heavy atom. The molecule has 3 amide bonds. The molecule has 1 aliphatic rings. The molecule has 0 aromatic carbocycles. The van der Waals surface area contributed by atoms with Crippen LogP contribution in [0.25, 0.3) is 0 Å². The second kappa shape index (κ2) is 15.9. The molecule has 1 aliphatic heterocycles. The number of imide groups is 1. The van der Waals surface area contributed by atoms with Crippen LogP contribution in [0, 0.1) is 0 Å². The van der Waals surface area contributed by atoms with E-state index in [1.807, 2.05) is 13.2 Å². The summed E-state index contributed by atoms with van der Waals surface area (Å²) >= 11 is 2.93. The number of aliphatic hydroxyl groups is 1. The highest BCUT2D eigenvalue weighted by Gasteiger charge is 2.37. The Morgan fingerprint density at radius 2 is 2.13 bits per heavy atom. The molecule has 1 heterocycles. The molecule has 2 N–H and O–H groups in total. The number of carbonyl (C=O) groups is 3. The van der Waals surface area contributed by atoms with Crippen molar-refractivity contribution >= 4 is 41.2 Å². The minimum absolute atomic E-state index is 0.0471. The smallest absolute Gasteiger partial charge is 0.242 e. The summed E-state index contributed by atoms with van der Waals surface area (Å²) in [6.07, 6.45) is 2.49. The molecule has 3 unspecified atom stereocenters. The van der Waals surface area contributed by atoms with Gasteiger partial charge in [0.25, 0.3) is 0 Å². The van der Waals surface area contributed by atoms with Crippen LogP contribution in [-0.2, 0) is 28.6 Å². The van der Waals surface area contributed by atoms with Crippen LogP contribution >= 0.6 is 23.5 Å². The fourth-order valence-corrected chi connectivity index (χ4v) is 4.21. The monoisotopic (exact) mass is 466 g/mol. The molecule has 174 valence electrons. The van der Waals surface area contributed by atoms with Crippen molar-refractivity contribution < 1.29 is 33.7 Å². The molecule has 0 bridgehead atoms. The molecule has 0 aromatic rings. The number of amides is 3. The molecule has 30 heavy (non-hydrogen) atoms. The standard InChI is InChI=1S/C19H34N2O7S2/c1-4-14(12-22)28-18(26-2)13-30-10-5-16(23)20-6-8-27-9-7-21-17(24)11-15(29-3)19(21)25/h14-15,18,22H,4-13H2,1-3H3,(H,20,23). The number of thioether (sulfide) groups is 2. The van der Waals surface area contributed by atoms with E-state index in [-0.39, 0.29) is 55.3 Å². The van der Waals surface area contributed by atoms with E-state index in [2.05, 4.69) is 5.32 Å². The number of rotatable bonds is 17. The van der Waals surface area contributed by atoms with Crippen molar-refractivity contribution in [2.24, 2.45) is 0 Å². The van der Waals surface area contributed by atoms with Gasteiger partial charge in [0.15, 0.2) is 6.29 Å². The van der Waals surface area contributed by atoms with Crippen molar-refractivity contribution in [3.05, 3.63) is 0 Å². The van der Waals surface area contributed by atoms with E-state index in [1.165, 1.54) is 16.7 Å². The molecule has 9 nitrogen and oxygen atoms in total. The molecule has 11 heteroatoms. The Morgan fingerprint density at radius 3 is 2.73 bits per heavy atom. The van der Waals surface area contributed by atoms with E-state index in [0.717, 1.165) is 0 Å². The number of nitrogens with zero attached hydrogens (tertiary/aromatic N) is 1. The van der Waals surface area contributed by atoms with Gasteiger partial charge in [-0.3, -0.25) is 19.3 Å². The summed E-state index contributed by atoms with van der Waals surface area (Å²) in [6.45, 7) is 3.08. The molecule has 1 saturated heterocycles. The lowest BCUT2D eigenvalue weighted by atomic mass is 10.3. The van der Waals surface area contributed by atoms with Crippen molar-refractivity contribution in [3.63, 3.8) is 0 Å².